The van der Waals surface area contributed by atoms with E-state index in [0.717, 1.165) is 30.2 Å². The van der Waals surface area contributed by atoms with E-state index in [0.29, 0.717) is 18.1 Å². The summed E-state index contributed by atoms with van der Waals surface area (Å²) in [7, 11) is 0. The number of hydrogen-bond donors (Lipinski definition) is 1. The molecule has 1 saturated carbocycles. The maximum absolute atomic E-state index is 6.06. The van der Waals surface area contributed by atoms with E-state index >= 15 is 0 Å². The van der Waals surface area contributed by atoms with Gasteiger partial charge in [-0.1, -0.05) is 20.8 Å². The summed E-state index contributed by atoms with van der Waals surface area (Å²) in [6, 6.07) is 3.91. The first-order valence-electron chi connectivity index (χ1n) is 6.80. The Morgan fingerprint density at radius 3 is 2.72 bits per heavy atom. The van der Waals surface area contributed by atoms with Gasteiger partial charge in [0.25, 0.3) is 0 Å². The first-order chi connectivity index (χ1) is 8.48. The van der Waals surface area contributed by atoms with Crippen molar-refractivity contribution in [3.8, 4) is 5.75 Å². The van der Waals surface area contributed by atoms with Gasteiger partial charge >= 0.3 is 0 Å². The predicted molar refractivity (Wildman–Crippen MR) is 73.3 cm³/mol. The second kappa shape index (κ2) is 5.27. The second-order valence-corrected chi connectivity index (χ2v) is 6.34. The van der Waals surface area contributed by atoms with Gasteiger partial charge in [0.2, 0.25) is 0 Å². The molecular formula is C15H24N2O. The molecule has 1 aromatic heterocycles. The summed E-state index contributed by atoms with van der Waals surface area (Å²) in [4.78, 5) is 4.27. The lowest BCUT2D eigenvalue weighted by atomic mass is 9.71. The molecule has 0 spiro atoms. The van der Waals surface area contributed by atoms with Crippen LogP contribution in [-0.2, 0) is 6.54 Å². The summed E-state index contributed by atoms with van der Waals surface area (Å²) in [5.74, 6) is 1.59. The average molecular weight is 248 g/mol. The molecule has 2 atom stereocenters. The lowest BCUT2D eigenvalue weighted by molar-refractivity contribution is 0.0560. The molecule has 2 unspecified atom stereocenters. The van der Waals surface area contributed by atoms with Crippen LogP contribution in [0.25, 0.3) is 0 Å². The molecule has 1 aliphatic carbocycles. The predicted octanol–water partition coefficient (Wildman–Crippen LogP) is 3.13. The van der Waals surface area contributed by atoms with Gasteiger partial charge in [0.1, 0.15) is 5.75 Å². The molecule has 100 valence electrons. The van der Waals surface area contributed by atoms with Gasteiger partial charge in [-0.2, -0.15) is 0 Å². The van der Waals surface area contributed by atoms with Crippen LogP contribution in [0.2, 0.25) is 0 Å². The van der Waals surface area contributed by atoms with Crippen molar-refractivity contribution in [3.63, 3.8) is 0 Å². The summed E-state index contributed by atoms with van der Waals surface area (Å²) in [5, 5.41) is 0. The fraction of sp³-hybridized carbons (Fsp3) is 0.667. The first-order valence-corrected chi connectivity index (χ1v) is 6.80. The normalized spacial score (nSPS) is 26.9. The van der Waals surface area contributed by atoms with Gasteiger partial charge in [-0.15, -0.1) is 0 Å². The smallest absolute Gasteiger partial charge is 0.138 e. The Bertz CT molecular complexity index is 386. The lowest BCUT2D eigenvalue weighted by Gasteiger charge is -2.38. The van der Waals surface area contributed by atoms with Crippen molar-refractivity contribution in [1.29, 1.82) is 0 Å². The standard InChI is InChI=1S/C15H24N2O/c1-11-6-14(8-15(2,3)7-11)18-13-5-4-12(9-16)17-10-13/h4-5,10-11,14H,6-9,16H2,1-3H3. The third-order valence-corrected chi connectivity index (χ3v) is 3.66. The molecule has 1 aliphatic rings. The number of rotatable bonds is 3. The molecule has 0 aliphatic heterocycles. The molecule has 0 aromatic carbocycles. The number of hydrogen-bond acceptors (Lipinski definition) is 3. The third kappa shape index (κ3) is 3.45. The Labute approximate surface area is 110 Å². The van der Waals surface area contributed by atoms with Crippen molar-refractivity contribution in [2.75, 3.05) is 0 Å². The molecule has 2 rings (SSSR count). The molecule has 0 bridgehead atoms. The largest absolute Gasteiger partial charge is 0.489 e. The Balaban J connectivity index is 1.99. The van der Waals surface area contributed by atoms with Crippen molar-refractivity contribution in [2.24, 2.45) is 17.1 Å². The zero-order valence-electron chi connectivity index (χ0n) is 11.6. The number of nitrogens with zero attached hydrogens (tertiary/aromatic N) is 1. The monoisotopic (exact) mass is 248 g/mol. The Kier molecular flexibility index (Phi) is 3.91. The number of aromatic nitrogens is 1. The Morgan fingerprint density at radius 1 is 1.39 bits per heavy atom. The Morgan fingerprint density at radius 2 is 2.17 bits per heavy atom. The van der Waals surface area contributed by atoms with Gasteiger partial charge in [-0.25, -0.2) is 0 Å². The minimum absolute atomic E-state index is 0.314. The van der Waals surface area contributed by atoms with Crippen LogP contribution in [0, 0.1) is 11.3 Å². The third-order valence-electron chi connectivity index (χ3n) is 3.66. The first kappa shape index (κ1) is 13.3. The number of pyridine rings is 1. The quantitative estimate of drug-likeness (QED) is 0.894. The van der Waals surface area contributed by atoms with Crippen LogP contribution >= 0.6 is 0 Å². The molecule has 3 nitrogen and oxygen atoms in total. The van der Waals surface area contributed by atoms with Crippen LogP contribution in [0.5, 0.6) is 5.75 Å². The van der Waals surface area contributed by atoms with Gasteiger partial charge in [0.15, 0.2) is 0 Å². The van der Waals surface area contributed by atoms with Gasteiger partial charge in [0, 0.05) is 6.54 Å². The molecule has 18 heavy (non-hydrogen) atoms. The van der Waals surface area contributed by atoms with Crippen molar-refractivity contribution in [2.45, 2.75) is 52.7 Å². The van der Waals surface area contributed by atoms with E-state index in [4.69, 9.17) is 10.5 Å². The SMILES string of the molecule is CC1CC(Oc2ccc(CN)nc2)CC(C)(C)C1. The summed E-state index contributed by atoms with van der Waals surface area (Å²) < 4.78 is 6.06. The van der Waals surface area contributed by atoms with E-state index in [2.05, 4.69) is 25.8 Å². The highest BCUT2D eigenvalue weighted by molar-refractivity contribution is 5.20. The van der Waals surface area contributed by atoms with Crippen molar-refractivity contribution in [3.05, 3.63) is 24.0 Å². The van der Waals surface area contributed by atoms with Crippen LogP contribution in [0.4, 0.5) is 0 Å². The average Bonchev–Trinajstić information content (AvgIpc) is 2.27. The van der Waals surface area contributed by atoms with E-state index in [1.807, 2.05) is 12.1 Å². The van der Waals surface area contributed by atoms with E-state index < -0.39 is 0 Å². The summed E-state index contributed by atoms with van der Waals surface area (Å²) in [6.07, 6.45) is 5.65. The van der Waals surface area contributed by atoms with Crippen LogP contribution in [-0.4, -0.2) is 11.1 Å². The van der Waals surface area contributed by atoms with Crippen molar-refractivity contribution in [1.82, 2.24) is 4.98 Å². The van der Waals surface area contributed by atoms with E-state index in [1.165, 1.54) is 6.42 Å². The van der Waals surface area contributed by atoms with Crippen LogP contribution in [0.15, 0.2) is 18.3 Å². The minimum Gasteiger partial charge on any atom is -0.489 e. The van der Waals surface area contributed by atoms with Gasteiger partial charge in [0.05, 0.1) is 18.0 Å². The summed E-state index contributed by atoms with van der Waals surface area (Å²) in [6.45, 7) is 7.45. The summed E-state index contributed by atoms with van der Waals surface area (Å²) in [5.41, 5.74) is 6.82. The molecule has 0 saturated heterocycles. The highest BCUT2D eigenvalue weighted by Crippen LogP contribution is 2.39. The zero-order chi connectivity index (χ0) is 13.2. The number of ether oxygens (including phenoxy) is 1. The number of nitrogens with two attached hydrogens (primary N) is 1. The summed E-state index contributed by atoms with van der Waals surface area (Å²) >= 11 is 0. The molecule has 0 radical (unpaired) electrons. The molecular weight excluding hydrogens is 224 g/mol. The molecule has 1 aromatic rings. The fourth-order valence-corrected chi connectivity index (χ4v) is 3.14. The van der Waals surface area contributed by atoms with Crippen molar-refractivity contribution < 1.29 is 4.74 Å². The van der Waals surface area contributed by atoms with E-state index in [9.17, 15) is 0 Å². The highest BCUT2D eigenvalue weighted by atomic mass is 16.5. The molecule has 2 N–H and O–H groups in total. The maximum Gasteiger partial charge on any atom is 0.138 e. The molecule has 1 heterocycles. The maximum atomic E-state index is 6.06. The fourth-order valence-electron chi connectivity index (χ4n) is 3.14. The second-order valence-electron chi connectivity index (χ2n) is 6.34. The lowest BCUT2D eigenvalue weighted by Crippen LogP contribution is -2.34. The minimum atomic E-state index is 0.314. The van der Waals surface area contributed by atoms with Gasteiger partial charge in [-0.05, 0) is 42.7 Å². The van der Waals surface area contributed by atoms with Crippen LogP contribution in [0.1, 0.15) is 45.7 Å². The molecule has 0 amide bonds. The van der Waals surface area contributed by atoms with Crippen LogP contribution < -0.4 is 10.5 Å². The van der Waals surface area contributed by atoms with Gasteiger partial charge < -0.3 is 10.5 Å². The molecule has 1 fully saturated rings. The Hall–Kier alpha value is -1.09. The highest BCUT2D eigenvalue weighted by Gasteiger charge is 2.33. The van der Waals surface area contributed by atoms with Gasteiger partial charge in [-0.3, -0.25) is 4.98 Å². The van der Waals surface area contributed by atoms with E-state index in [-0.39, 0.29) is 0 Å². The topological polar surface area (TPSA) is 48.1 Å². The molecule has 3 heteroatoms. The van der Waals surface area contributed by atoms with E-state index in [1.54, 1.807) is 6.20 Å². The van der Waals surface area contributed by atoms with Crippen LogP contribution in [0.3, 0.4) is 0 Å². The zero-order valence-corrected chi connectivity index (χ0v) is 11.6. The van der Waals surface area contributed by atoms with Crippen molar-refractivity contribution >= 4 is 0 Å².